The van der Waals surface area contributed by atoms with E-state index in [-0.39, 0.29) is 5.91 Å². The van der Waals surface area contributed by atoms with Crippen LogP contribution in [-0.4, -0.2) is 54.6 Å². The second-order valence-electron chi connectivity index (χ2n) is 7.39. The van der Waals surface area contributed by atoms with Crippen LogP contribution in [-0.2, 0) is 4.79 Å². The minimum absolute atomic E-state index is 0.187. The van der Waals surface area contributed by atoms with Gasteiger partial charge in [-0.3, -0.25) is 9.69 Å². The highest BCUT2D eigenvalue weighted by Gasteiger charge is 2.28. The first kappa shape index (κ1) is 17.2. The Morgan fingerprint density at radius 3 is 2.71 bits per heavy atom. The maximum Gasteiger partial charge on any atom is 0.234 e. The van der Waals surface area contributed by atoms with Crippen LogP contribution in [0, 0.1) is 11.8 Å². The molecule has 3 rings (SSSR count). The van der Waals surface area contributed by atoms with Crippen molar-refractivity contribution in [1.82, 2.24) is 15.2 Å². The van der Waals surface area contributed by atoms with Crippen LogP contribution >= 0.6 is 0 Å². The molecule has 3 atom stereocenters. The molecule has 1 aromatic heterocycles. The Hall–Kier alpha value is -1.62. The van der Waals surface area contributed by atoms with Gasteiger partial charge in [0.05, 0.1) is 6.54 Å². The zero-order valence-electron chi connectivity index (χ0n) is 14.9. The first-order valence-electron chi connectivity index (χ1n) is 9.31. The average Bonchev–Trinajstić information content (AvgIpc) is 2.60. The van der Waals surface area contributed by atoms with Crippen molar-refractivity contribution in [1.29, 1.82) is 0 Å². The molecular formula is C19H30N4O. The fourth-order valence-corrected chi connectivity index (χ4v) is 3.92. The highest BCUT2D eigenvalue weighted by Crippen LogP contribution is 2.29. The molecule has 2 fully saturated rings. The number of piperazine rings is 1. The van der Waals surface area contributed by atoms with E-state index < -0.39 is 0 Å². The number of pyridine rings is 1. The largest absolute Gasteiger partial charge is 0.354 e. The van der Waals surface area contributed by atoms with Gasteiger partial charge in [0.25, 0.3) is 0 Å². The van der Waals surface area contributed by atoms with Gasteiger partial charge in [-0.05, 0) is 30.4 Å². The molecule has 5 heteroatoms. The Morgan fingerprint density at radius 2 is 2.00 bits per heavy atom. The third-order valence-electron chi connectivity index (χ3n) is 5.77. The van der Waals surface area contributed by atoms with Gasteiger partial charge in [0.2, 0.25) is 5.91 Å². The molecule has 1 aliphatic heterocycles. The molecule has 1 saturated heterocycles. The van der Waals surface area contributed by atoms with Crippen molar-refractivity contribution in [3.63, 3.8) is 0 Å². The molecule has 1 saturated carbocycles. The van der Waals surface area contributed by atoms with Crippen LogP contribution in [0.15, 0.2) is 24.4 Å². The Kier molecular flexibility index (Phi) is 5.72. The Bertz CT molecular complexity index is 527. The van der Waals surface area contributed by atoms with Crippen LogP contribution in [0.3, 0.4) is 0 Å². The van der Waals surface area contributed by atoms with E-state index in [1.54, 1.807) is 0 Å². The van der Waals surface area contributed by atoms with Gasteiger partial charge in [0.15, 0.2) is 0 Å². The van der Waals surface area contributed by atoms with E-state index in [1.165, 1.54) is 12.8 Å². The van der Waals surface area contributed by atoms with E-state index in [4.69, 9.17) is 0 Å². The third kappa shape index (κ3) is 4.26. The molecule has 0 unspecified atom stereocenters. The predicted molar refractivity (Wildman–Crippen MR) is 97.0 cm³/mol. The lowest BCUT2D eigenvalue weighted by molar-refractivity contribution is -0.123. The molecule has 0 bridgehead atoms. The molecule has 2 aliphatic rings. The molecule has 0 aromatic carbocycles. The smallest absolute Gasteiger partial charge is 0.234 e. The topological polar surface area (TPSA) is 48.5 Å². The van der Waals surface area contributed by atoms with Gasteiger partial charge in [0.1, 0.15) is 5.82 Å². The normalized spacial score (nSPS) is 28.6. The maximum absolute atomic E-state index is 12.4. The molecule has 2 heterocycles. The number of carbonyl (C=O) groups is 1. The summed E-state index contributed by atoms with van der Waals surface area (Å²) in [7, 11) is 0. The van der Waals surface area contributed by atoms with Crippen molar-refractivity contribution >= 4 is 11.7 Å². The number of amides is 1. The summed E-state index contributed by atoms with van der Waals surface area (Å²) in [6.07, 6.45) is 5.49. The first-order valence-corrected chi connectivity index (χ1v) is 9.31. The summed E-state index contributed by atoms with van der Waals surface area (Å²) in [6.45, 7) is 8.80. The van der Waals surface area contributed by atoms with Crippen LogP contribution in [0.1, 0.15) is 33.1 Å². The maximum atomic E-state index is 12.4. The fraction of sp³-hybridized carbons (Fsp3) is 0.684. The van der Waals surface area contributed by atoms with Crippen molar-refractivity contribution in [3.05, 3.63) is 24.4 Å². The minimum Gasteiger partial charge on any atom is -0.354 e. The molecular weight excluding hydrogens is 300 g/mol. The van der Waals surface area contributed by atoms with Gasteiger partial charge in [-0.25, -0.2) is 4.98 Å². The molecule has 132 valence electrons. The lowest BCUT2D eigenvalue weighted by atomic mass is 9.78. The van der Waals surface area contributed by atoms with Gasteiger partial charge in [-0.2, -0.15) is 0 Å². The van der Waals surface area contributed by atoms with Gasteiger partial charge >= 0.3 is 0 Å². The highest BCUT2D eigenvalue weighted by molar-refractivity contribution is 5.78. The molecule has 0 radical (unpaired) electrons. The van der Waals surface area contributed by atoms with Gasteiger partial charge in [-0.1, -0.05) is 32.8 Å². The highest BCUT2D eigenvalue weighted by atomic mass is 16.2. The average molecular weight is 330 g/mol. The van der Waals surface area contributed by atoms with Crippen molar-refractivity contribution in [2.24, 2.45) is 11.8 Å². The number of anilines is 1. The summed E-state index contributed by atoms with van der Waals surface area (Å²) in [4.78, 5) is 21.4. The number of nitrogens with zero attached hydrogens (tertiary/aromatic N) is 3. The van der Waals surface area contributed by atoms with Gasteiger partial charge in [-0.15, -0.1) is 0 Å². The summed E-state index contributed by atoms with van der Waals surface area (Å²) >= 11 is 0. The lowest BCUT2D eigenvalue weighted by Gasteiger charge is -2.37. The Morgan fingerprint density at radius 1 is 1.21 bits per heavy atom. The molecule has 1 aliphatic carbocycles. The van der Waals surface area contributed by atoms with Crippen molar-refractivity contribution < 1.29 is 4.79 Å². The Labute approximate surface area is 145 Å². The standard InChI is InChI=1S/C19H30N4O/c1-15-6-5-7-17(16(15)2)21-19(24)14-22-10-12-23(13-11-22)18-8-3-4-9-20-18/h3-4,8-9,15-17H,5-7,10-14H2,1-2H3,(H,21,24)/t15-,16-,17-/m1/s1. The van der Waals surface area contributed by atoms with Crippen molar-refractivity contribution in [2.75, 3.05) is 37.6 Å². The number of carbonyl (C=O) groups excluding carboxylic acids is 1. The monoisotopic (exact) mass is 330 g/mol. The van der Waals surface area contributed by atoms with E-state index in [1.807, 2.05) is 24.4 Å². The van der Waals surface area contributed by atoms with Crippen LogP contribution in [0.5, 0.6) is 0 Å². The van der Waals surface area contributed by atoms with Gasteiger partial charge in [0, 0.05) is 38.4 Å². The number of hydrogen-bond acceptors (Lipinski definition) is 4. The van der Waals surface area contributed by atoms with Gasteiger partial charge < -0.3 is 10.2 Å². The number of rotatable bonds is 4. The van der Waals surface area contributed by atoms with E-state index in [0.29, 0.717) is 24.4 Å². The quantitative estimate of drug-likeness (QED) is 0.919. The SMILES string of the molecule is C[C@@H]1[C@H](C)CCC[C@H]1NC(=O)CN1CCN(c2ccccn2)CC1. The van der Waals surface area contributed by atoms with E-state index in [2.05, 4.69) is 33.9 Å². The molecule has 24 heavy (non-hydrogen) atoms. The minimum atomic E-state index is 0.187. The number of aromatic nitrogens is 1. The zero-order chi connectivity index (χ0) is 16.9. The van der Waals surface area contributed by atoms with Crippen LogP contribution in [0.4, 0.5) is 5.82 Å². The van der Waals surface area contributed by atoms with Crippen molar-refractivity contribution in [3.8, 4) is 0 Å². The number of nitrogens with one attached hydrogen (secondary N) is 1. The molecule has 1 aromatic rings. The summed E-state index contributed by atoms with van der Waals surface area (Å²) in [5, 5.41) is 3.28. The van der Waals surface area contributed by atoms with E-state index in [9.17, 15) is 4.79 Å². The van der Waals surface area contributed by atoms with Crippen LogP contribution in [0.2, 0.25) is 0 Å². The molecule has 5 nitrogen and oxygen atoms in total. The molecule has 1 amide bonds. The second kappa shape index (κ2) is 7.97. The second-order valence-corrected chi connectivity index (χ2v) is 7.39. The fourth-order valence-electron chi connectivity index (χ4n) is 3.92. The predicted octanol–water partition coefficient (Wildman–Crippen LogP) is 2.14. The first-order chi connectivity index (χ1) is 11.6. The summed E-state index contributed by atoms with van der Waals surface area (Å²) in [5.41, 5.74) is 0. The summed E-state index contributed by atoms with van der Waals surface area (Å²) in [6, 6.07) is 6.37. The lowest BCUT2D eigenvalue weighted by Crippen LogP contribution is -2.52. The molecule has 0 spiro atoms. The third-order valence-corrected chi connectivity index (χ3v) is 5.77. The Balaban J connectivity index is 1.43. The summed E-state index contributed by atoms with van der Waals surface area (Å²) in [5.74, 6) is 2.52. The van der Waals surface area contributed by atoms with E-state index in [0.717, 1.165) is 38.4 Å². The number of hydrogen-bond donors (Lipinski definition) is 1. The van der Waals surface area contributed by atoms with Crippen LogP contribution in [0.25, 0.3) is 0 Å². The summed E-state index contributed by atoms with van der Waals surface area (Å²) < 4.78 is 0. The van der Waals surface area contributed by atoms with Crippen molar-refractivity contribution in [2.45, 2.75) is 39.2 Å². The van der Waals surface area contributed by atoms with Crippen LogP contribution < -0.4 is 10.2 Å². The van der Waals surface area contributed by atoms with E-state index >= 15 is 0 Å². The molecule has 1 N–H and O–H groups in total. The zero-order valence-corrected chi connectivity index (χ0v) is 14.9.